The van der Waals surface area contributed by atoms with Crippen LogP contribution in [0.4, 0.5) is 0 Å². The molecule has 2 aliphatic heterocycles. The quantitative estimate of drug-likeness (QED) is 0.793. The summed E-state index contributed by atoms with van der Waals surface area (Å²) in [6.45, 7) is 3.91. The van der Waals surface area contributed by atoms with Crippen molar-refractivity contribution in [3.8, 4) is 0 Å². The van der Waals surface area contributed by atoms with Crippen LogP contribution >= 0.6 is 0 Å². The molecule has 5 nitrogen and oxygen atoms in total. The number of hydrogen-bond donors (Lipinski definition) is 0. The third-order valence-electron chi connectivity index (χ3n) is 5.25. The Labute approximate surface area is 127 Å². The van der Waals surface area contributed by atoms with Crippen molar-refractivity contribution in [2.45, 2.75) is 56.8 Å². The Morgan fingerprint density at radius 2 is 1.76 bits per heavy atom. The lowest BCUT2D eigenvalue weighted by Gasteiger charge is -2.39. The summed E-state index contributed by atoms with van der Waals surface area (Å²) in [6.07, 6.45) is 7.63. The highest BCUT2D eigenvalue weighted by molar-refractivity contribution is 5.78. The largest absolute Gasteiger partial charge is 0.348 e. The minimum Gasteiger partial charge on any atom is -0.348 e. The SMILES string of the molecule is CN(CC(=O)N1CCCCC1)C1CCC2(CC1)OCCO2. The molecule has 1 spiro atoms. The second-order valence-corrected chi connectivity index (χ2v) is 6.70. The summed E-state index contributed by atoms with van der Waals surface area (Å²) in [5.74, 6) is -0.000316. The minimum absolute atomic E-state index is 0.297. The summed E-state index contributed by atoms with van der Waals surface area (Å²) >= 11 is 0. The van der Waals surface area contributed by atoms with Gasteiger partial charge in [0.25, 0.3) is 0 Å². The zero-order valence-corrected chi connectivity index (χ0v) is 13.2. The summed E-state index contributed by atoms with van der Waals surface area (Å²) in [4.78, 5) is 16.6. The summed E-state index contributed by atoms with van der Waals surface area (Å²) in [5.41, 5.74) is 0. The molecule has 0 bridgehead atoms. The zero-order valence-electron chi connectivity index (χ0n) is 13.2. The van der Waals surface area contributed by atoms with Crippen molar-refractivity contribution in [3.05, 3.63) is 0 Å². The van der Waals surface area contributed by atoms with Gasteiger partial charge in [-0.15, -0.1) is 0 Å². The first-order valence-corrected chi connectivity index (χ1v) is 8.44. The molecular weight excluding hydrogens is 268 g/mol. The number of nitrogens with zero attached hydrogens (tertiary/aromatic N) is 2. The molecule has 0 unspecified atom stereocenters. The van der Waals surface area contributed by atoms with Gasteiger partial charge in [-0.25, -0.2) is 0 Å². The highest BCUT2D eigenvalue weighted by Gasteiger charge is 2.41. The first-order chi connectivity index (χ1) is 10.2. The minimum atomic E-state index is -0.297. The molecular formula is C16H28N2O3. The van der Waals surface area contributed by atoms with Crippen LogP contribution in [0.2, 0.25) is 0 Å². The van der Waals surface area contributed by atoms with Gasteiger partial charge in [-0.05, 0) is 39.2 Å². The van der Waals surface area contributed by atoms with Gasteiger partial charge in [0.2, 0.25) is 5.91 Å². The zero-order chi connectivity index (χ0) is 14.7. The van der Waals surface area contributed by atoms with Crippen molar-refractivity contribution in [1.29, 1.82) is 0 Å². The molecule has 0 atom stereocenters. The van der Waals surface area contributed by atoms with Crippen molar-refractivity contribution in [2.24, 2.45) is 0 Å². The predicted molar refractivity (Wildman–Crippen MR) is 80.0 cm³/mol. The van der Waals surface area contributed by atoms with Gasteiger partial charge in [-0.3, -0.25) is 9.69 Å². The van der Waals surface area contributed by atoms with Crippen LogP contribution in [0.1, 0.15) is 44.9 Å². The Hall–Kier alpha value is -0.650. The van der Waals surface area contributed by atoms with Crippen molar-refractivity contribution >= 4 is 5.91 Å². The van der Waals surface area contributed by atoms with Crippen molar-refractivity contribution in [3.63, 3.8) is 0 Å². The monoisotopic (exact) mass is 296 g/mol. The Balaban J connectivity index is 1.45. The topological polar surface area (TPSA) is 42.0 Å². The van der Waals surface area contributed by atoms with Crippen LogP contribution in [0, 0.1) is 0 Å². The van der Waals surface area contributed by atoms with Crippen molar-refractivity contribution in [2.75, 3.05) is 39.9 Å². The normalized spacial score (nSPS) is 26.7. The maximum absolute atomic E-state index is 12.3. The molecule has 2 saturated heterocycles. The van der Waals surface area contributed by atoms with E-state index < -0.39 is 0 Å². The van der Waals surface area contributed by atoms with Gasteiger partial charge in [0.15, 0.2) is 5.79 Å². The summed E-state index contributed by atoms with van der Waals surface area (Å²) in [6, 6.07) is 0.483. The first-order valence-electron chi connectivity index (χ1n) is 8.44. The fraction of sp³-hybridized carbons (Fsp3) is 0.938. The van der Waals surface area contributed by atoms with Crippen molar-refractivity contribution in [1.82, 2.24) is 9.80 Å². The van der Waals surface area contributed by atoms with E-state index in [9.17, 15) is 4.79 Å². The summed E-state index contributed by atoms with van der Waals surface area (Å²) in [5, 5.41) is 0. The molecule has 3 rings (SSSR count). The van der Waals surface area contributed by atoms with E-state index in [1.165, 1.54) is 6.42 Å². The van der Waals surface area contributed by atoms with Gasteiger partial charge in [-0.1, -0.05) is 0 Å². The lowest BCUT2D eigenvalue weighted by Crippen LogP contribution is -2.47. The second-order valence-electron chi connectivity index (χ2n) is 6.70. The van der Waals surface area contributed by atoms with Crippen LogP contribution < -0.4 is 0 Å². The van der Waals surface area contributed by atoms with Gasteiger partial charge in [0.05, 0.1) is 19.8 Å². The molecule has 21 heavy (non-hydrogen) atoms. The fourth-order valence-corrected chi connectivity index (χ4v) is 3.85. The average molecular weight is 296 g/mol. The van der Waals surface area contributed by atoms with E-state index in [0.717, 1.165) is 64.8 Å². The molecule has 3 fully saturated rings. The third-order valence-corrected chi connectivity index (χ3v) is 5.25. The van der Waals surface area contributed by atoms with Crippen LogP contribution in [0.25, 0.3) is 0 Å². The van der Waals surface area contributed by atoms with Gasteiger partial charge in [-0.2, -0.15) is 0 Å². The van der Waals surface area contributed by atoms with Gasteiger partial charge >= 0.3 is 0 Å². The molecule has 0 aromatic heterocycles. The molecule has 5 heteroatoms. The highest BCUT2D eigenvalue weighted by atomic mass is 16.7. The number of likely N-dealkylation sites (N-methyl/N-ethyl adjacent to an activating group) is 1. The predicted octanol–water partition coefficient (Wildman–Crippen LogP) is 1.62. The molecule has 0 aromatic rings. The number of carbonyl (C=O) groups is 1. The van der Waals surface area contributed by atoms with Gasteiger partial charge < -0.3 is 14.4 Å². The van der Waals surface area contributed by atoms with Gasteiger partial charge in [0, 0.05) is 32.0 Å². The Morgan fingerprint density at radius 1 is 1.14 bits per heavy atom. The summed E-state index contributed by atoms with van der Waals surface area (Å²) in [7, 11) is 2.08. The van der Waals surface area contributed by atoms with E-state index in [0.29, 0.717) is 18.5 Å². The maximum atomic E-state index is 12.3. The van der Waals surface area contributed by atoms with Gasteiger partial charge in [0.1, 0.15) is 0 Å². The van der Waals surface area contributed by atoms with E-state index in [4.69, 9.17) is 9.47 Å². The molecule has 1 amide bonds. The third kappa shape index (κ3) is 3.58. The lowest BCUT2D eigenvalue weighted by atomic mass is 9.89. The molecule has 0 aromatic carbocycles. The number of hydrogen-bond acceptors (Lipinski definition) is 4. The standard InChI is InChI=1S/C16H28N2O3/c1-17(13-15(19)18-9-3-2-4-10-18)14-5-7-16(8-6-14)20-11-12-21-16/h14H,2-13H2,1H3. The fourth-order valence-electron chi connectivity index (χ4n) is 3.85. The average Bonchev–Trinajstić information content (AvgIpc) is 2.97. The van der Waals surface area contributed by atoms with Crippen LogP contribution in [-0.4, -0.2) is 67.4 Å². The van der Waals surface area contributed by atoms with Crippen molar-refractivity contribution < 1.29 is 14.3 Å². The Bertz CT molecular complexity index is 353. The first kappa shape index (κ1) is 15.3. The molecule has 1 saturated carbocycles. The van der Waals surface area contributed by atoms with E-state index in [-0.39, 0.29) is 5.79 Å². The molecule has 3 aliphatic rings. The number of likely N-dealkylation sites (tertiary alicyclic amines) is 1. The number of rotatable bonds is 3. The van der Waals surface area contributed by atoms with E-state index >= 15 is 0 Å². The maximum Gasteiger partial charge on any atom is 0.236 e. The smallest absolute Gasteiger partial charge is 0.236 e. The van der Waals surface area contributed by atoms with Crippen LogP contribution in [0.15, 0.2) is 0 Å². The van der Waals surface area contributed by atoms with E-state index in [2.05, 4.69) is 11.9 Å². The van der Waals surface area contributed by atoms with Crippen LogP contribution in [-0.2, 0) is 14.3 Å². The molecule has 1 aliphatic carbocycles. The summed E-state index contributed by atoms with van der Waals surface area (Å²) < 4.78 is 11.5. The lowest BCUT2D eigenvalue weighted by molar-refractivity contribution is -0.183. The van der Waals surface area contributed by atoms with Crippen LogP contribution in [0.3, 0.4) is 0 Å². The number of amides is 1. The number of carbonyl (C=O) groups excluding carboxylic acids is 1. The van der Waals surface area contributed by atoms with Crippen LogP contribution in [0.5, 0.6) is 0 Å². The molecule has 120 valence electrons. The molecule has 0 N–H and O–H groups in total. The Morgan fingerprint density at radius 3 is 2.38 bits per heavy atom. The Kier molecular flexibility index (Phi) is 4.82. The molecule has 2 heterocycles. The number of piperidine rings is 1. The molecule has 0 radical (unpaired) electrons. The second kappa shape index (κ2) is 6.63. The van der Waals surface area contributed by atoms with E-state index in [1.54, 1.807) is 0 Å². The number of ether oxygens (including phenoxy) is 2. The van der Waals surface area contributed by atoms with E-state index in [1.807, 2.05) is 4.90 Å². The highest BCUT2D eigenvalue weighted by Crippen LogP contribution is 2.37.